The van der Waals surface area contributed by atoms with Crippen molar-refractivity contribution in [3.05, 3.63) is 59.9 Å². The van der Waals surface area contributed by atoms with E-state index in [1.165, 1.54) is 11.7 Å². The third-order valence-electron chi connectivity index (χ3n) is 4.19. The molecule has 0 aliphatic carbocycles. The molecule has 0 saturated heterocycles. The first-order chi connectivity index (χ1) is 13.6. The number of ether oxygens (including phenoxy) is 1. The van der Waals surface area contributed by atoms with Gasteiger partial charge in [-0.05, 0) is 56.3 Å². The summed E-state index contributed by atoms with van der Waals surface area (Å²) >= 11 is 1.19. The van der Waals surface area contributed by atoms with Crippen LogP contribution in [-0.2, 0) is 0 Å². The van der Waals surface area contributed by atoms with E-state index < -0.39 is 0 Å². The van der Waals surface area contributed by atoms with Crippen LogP contribution in [0.3, 0.4) is 0 Å². The normalized spacial score (nSPS) is 11.2. The molecular weight excluding hydrogens is 374 g/mol. The number of rotatable bonds is 4. The standard InChI is InChI=1S/C19H15N7OS/c1-11-9-12(2)26-19(20-11)22-18(23-26)21-13-3-5-14(6-4-13)27-15-7-8-16-17(10-15)25-28-24-16/h3-10H,1-2H3,(H,21,23). The second-order valence-electron chi connectivity index (χ2n) is 6.35. The highest BCUT2D eigenvalue weighted by atomic mass is 32.1. The van der Waals surface area contributed by atoms with Gasteiger partial charge < -0.3 is 10.1 Å². The van der Waals surface area contributed by atoms with Crippen molar-refractivity contribution in [1.82, 2.24) is 28.3 Å². The Morgan fingerprint density at radius 2 is 1.68 bits per heavy atom. The molecule has 3 aromatic heterocycles. The Kier molecular flexibility index (Phi) is 3.87. The molecule has 28 heavy (non-hydrogen) atoms. The lowest BCUT2D eigenvalue weighted by molar-refractivity contribution is 0.483. The van der Waals surface area contributed by atoms with Gasteiger partial charge in [0.05, 0.1) is 11.7 Å². The van der Waals surface area contributed by atoms with Crippen LogP contribution >= 0.6 is 11.7 Å². The van der Waals surface area contributed by atoms with Gasteiger partial charge in [0, 0.05) is 23.1 Å². The minimum atomic E-state index is 0.497. The fourth-order valence-corrected chi connectivity index (χ4v) is 3.43. The number of aryl methyl sites for hydroxylation is 2. The monoisotopic (exact) mass is 389 g/mol. The Hall–Kier alpha value is -3.59. The first kappa shape index (κ1) is 16.6. The van der Waals surface area contributed by atoms with Crippen molar-refractivity contribution in [2.45, 2.75) is 13.8 Å². The van der Waals surface area contributed by atoms with Gasteiger partial charge in [-0.2, -0.15) is 18.2 Å². The fourth-order valence-electron chi connectivity index (χ4n) is 2.92. The zero-order valence-corrected chi connectivity index (χ0v) is 15.9. The van der Waals surface area contributed by atoms with Gasteiger partial charge in [-0.15, -0.1) is 5.10 Å². The van der Waals surface area contributed by atoms with Crippen LogP contribution in [0.4, 0.5) is 11.6 Å². The average Bonchev–Trinajstić information content (AvgIpc) is 3.29. The maximum absolute atomic E-state index is 5.90. The van der Waals surface area contributed by atoms with Gasteiger partial charge in [0.1, 0.15) is 22.5 Å². The molecule has 3 heterocycles. The van der Waals surface area contributed by atoms with Gasteiger partial charge in [-0.3, -0.25) is 0 Å². The van der Waals surface area contributed by atoms with E-state index in [2.05, 4.69) is 29.1 Å². The SMILES string of the molecule is Cc1cc(C)n2nc(Nc3ccc(Oc4ccc5nsnc5c4)cc3)nc2n1. The summed E-state index contributed by atoms with van der Waals surface area (Å²) < 4.78 is 16.0. The third-order valence-corrected chi connectivity index (χ3v) is 4.75. The number of hydrogen-bond donors (Lipinski definition) is 1. The van der Waals surface area contributed by atoms with E-state index in [4.69, 9.17) is 4.74 Å². The molecule has 1 N–H and O–H groups in total. The van der Waals surface area contributed by atoms with Crippen molar-refractivity contribution in [2.75, 3.05) is 5.32 Å². The summed E-state index contributed by atoms with van der Waals surface area (Å²) in [5, 5.41) is 7.65. The lowest BCUT2D eigenvalue weighted by atomic mass is 10.3. The predicted octanol–water partition coefficient (Wildman–Crippen LogP) is 4.28. The van der Waals surface area contributed by atoms with Gasteiger partial charge in [0.2, 0.25) is 5.95 Å². The summed E-state index contributed by atoms with van der Waals surface area (Å²) in [6, 6.07) is 15.2. The molecule has 0 unspecified atom stereocenters. The van der Waals surface area contributed by atoms with E-state index in [9.17, 15) is 0 Å². The lowest BCUT2D eigenvalue weighted by Gasteiger charge is -2.07. The summed E-state index contributed by atoms with van der Waals surface area (Å²) in [6.07, 6.45) is 0. The molecule has 8 nitrogen and oxygen atoms in total. The molecule has 0 aliphatic rings. The topological polar surface area (TPSA) is 90.1 Å². The molecule has 0 saturated carbocycles. The number of fused-ring (bicyclic) bond motifs is 2. The van der Waals surface area contributed by atoms with Gasteiger partial charge in [0.15, 0.2) is 0 Å². The molecule has 2 aromatic carbocycles. The molecule has 5 aromatic rings. The zero-order valence-electron chi connectivity index (χ0n) is 15.1. The molecule has 0 spiro atoms. The second-order valence-corrected chi connectivity index (χ2v) is 6.88. The van der Waals surface area contributed by atoms with Gasteiger partial charge >= 0.3 is 0 Å². The Balaban J connectivity index is 1.34. The van der Waals surface area contributed by atoms with Gasteiger partial charge in [-0.1, -0.05) is 0 Å². The summed E-state index contributed by atoms with van der Waals surface area (Å²) in [7, 11) is 0. The molecule has 0 amide bonds. The fraction of sp³-hybridized carbons (Fsp3) is 0.105. The summed E-state index contributed by atoms with van der Waals surface area (Å²) in [5.74, 6) is 2.52. The number of hydrogen-bond acceptors (Lipinski definition) is 8. The minimum absolute atomic E-state index is 0.497. The first-order valence-corrected chi connectivity index (χ1v) is 9.35. The van der Waals surface area contributed by atoms with Crippen molar-refractivity contribution in [3.63, 3.8) is 0 Å². The van der Waals surface area contributed by atoms with Gasteiger partial charge in [0.25, 0.3) is 5.78 Å². The first-order valence-electron chi connectivity index (χ1n) is 8.62. The number of nitrogens with one attached hydrogen (secondary N) is 1. The predicted molar refractivity (Wildman–Crippen MR) is 107 cm³/mol. The van der Waals surface area contributed by atoms with Crippen molar-refractivity contribution in [3.8, 4) is 11.5 Å². The quantitative estimate of drug-likeness (QED) is 0.490. The highest BCUT2D eigenvalue weighted by Gasteiger charge is 2.08. The molecule has 0 fully saturated rings. The van der Waals surface area contributed by atoms with E-state index in [0.717, 1.165) is 39.6 Å². The Bertz CT molecular complexity index is 1290. The van der Waals surface area contributed by atoms with Crippen LogP contribution in [0.1, 0.15) is 11.4 Å². The highest BCUT2D eigenvalue weighted by molar-refractivity contribution is 7.00. The number of benzene rings is 2. The Morgan fingerprint density at radius 3 is 2.54 bits per heavy atom. The largest absolute Gasteiger partial charge is 0.457 e. The smallest absolute Gasteiger partial charge is 0.254 e. The van der Waals surface area contributed by atoms with E-state index in [0.29, 0.717) is 11.7 Å². The molecule has 138 valence electrons. The maximum atomic E-state index is 5.90. The van der Waals surface area contributed by atoms with E-state index in [1.807, 2.05) is 62.4 Å². The highest BCUT2D eigenvalue weighted by Crippen LogP contribution is 2.26. The minimum Gasteiger partial charge on any atom is -0.457 e. The Morgan fingerprint density at radius 1 is 0.893 bits per heavy atom. The molecule has 0 bridgehead atoms. The third kappa shape index (κ3) is 3.12. The maximum Gasteiger partial charge on any atom is 0.254 e. The number of aromatic nitrogens is 6. The van der Waals surface area contributed by atoms with Gasteiger partial charge in [-0.25, -0.2) is 4.98 Å². The molecule has 9 heteroatoms. The average molecular weight is 389 g/mol. The van der Waals surface area contributed by atoms with Crippen molar-refractivity contribution in [2.24, 2.45) is 0 Å². The molecule has 0 aliphatic heterocycles. The van der Waals surface area contributed by atoms with E-state index in [-0.39, 0.29) is 0 Å². The molecule has 0 atom stereocenters. The summed E-state index contributed by atoms with van der Waals surface area (Å²) in [6.45, 7) is 3.92. The second kappa shape index (κ2) is 6.54. The van der Waals surface area contributed by atoms with E-state index >= 15 is 0 Å². The van der Waals surface area contributed by atoms with Crippen LogP contribution < -0.4 is 10.1 Å². The van der Waals surface area contributed by atoms with Crippen molar-refractivity contribution < 1.29 is 4.74 Å². The lowest BCUT2D eigenvalue weighted by Crippen LogP contribution is -1.97. The van der Waals surface area contributed by atoms with Crippen LogP contribution in [-0.4, -0.2) is 28.3 Å². The van der Waals surface area contributed by atoms with Crippen LogP contribution in [0.15, 0.2) is 48.5 Å². The van der Waals surface area contributed by atoms with Crippen molar-refractivity contribution >= 4 is 40.2 Å². The van der Waals surface area contributed by atoms with E-state index in [1.54, 1.807) is 4.52 Å². The summed E-state index contributed by atoms with van der Waals surface area (Å²) in [4.78, 5) is 8.83. The zero-order chi connectivity index (χ0) is 19.1. The number of nitrogens with zero attached hydrogens (tertiary/aromatic N) is 6. The molecule has 0 radical (unpaired) electrons. The van der Waals surface area contributed by atoms with Crippen LogP contribution in [0.25, 0.3) is 16.8 Å². The summed E-state index contributed by atoms with van der Waals surface area (Å²) in [5.41, 5.74) is 4.46. The van der Waals surface area contributed by atoms with Crippen LogP contribution in [0.2, 0.25) is 0 Å². The van der Waals surface area contributed by atoms with Crippen molar-refractivity contribution in [1.29, 1.82) is 0 Å². The Labute approximate surface area is 164 Å². The van der Waals surface area contributed by atoms with Crippen LogP contribution in [0.5, 0.6) is 11.5 Å². The van der Waals surface area contributed by atoms with Crippen LogP contribution in [0, 0.1) is 13.8 Å². The molecular formula is C19H15N7OS. The number of anilines is 2. The molecule has 5 rings (SSSR count).